The van der Waals surface area contributed by atoms with E-state index in [2.05, 4.69) is 9.62 Å². The van der Waals surface area contributed by atoms with Gasteiger partial charge in [-0.25, -0.2) is 13.1 Å². The van der Waals surface area contributed by atoms with Crippen LogP contribution >= 0.6 is 0 Å². The van der Waals surface area contributed by atoms with E-state index in [1.807, 2.05) is 6.92 Å². The third kappa shape index (κ3) is 4.14. The molecule has 0 aromatic heterocycles. The van der Waals surface area contributed by atoms with E-state index >= 15 is 0 Å². The van der Waals surface area contributed by atoms with Crippen molar-refractivity contribution in [2.24, 2.45) is 0 Å². The minimum atomic E-state index is -3.59. The van der Waals surface area contributed by atoms with Gasteiger partial charge in [-0.15, -0.1) is 0 Å². The summed E-state index contributed by atoms with van der Waals surface area (Å²) >= 11 is 0. The first-order valence-corrected chi connectivity index (χ1v) is 9.25. The van der Waals surface area contributed by atoms with Crippen LogP contribution in [0.2, 0.25) is 0 Å². The second kappa shape index (κ2) is 7.04. The molecule has 128 valence electrons. The SMILES string of the molecule is C[C@H](CN1CCOCC1)NS(=O)(=O)c1ccc2c(c1)OCCO2. The average Bonchev–Trinajstić information content (AvgIpc) is 2.54. The van der Waals surface area contributed by atoms with Gasteiger partial charge >= 0.3 is 0 Å². The number of ether oxygens (including phenoxy) is 3. The zero-order valence-electron chi connectivity index (χ0n) is 13.2. The molecule has 0 spiro atoms. The number of nitrogens with zero attached hydrogens (tertiary/aromatic N) is 1. The van der Waals surface area contributed by atoms with Crippen LogP contribution in [0.3, 0.4) is 0 Å². The Bertz CT molecular complexity index is 643. The molecular formula is C15H22N2O5S. The summed E-state index contributed by atoms with van der Waals surface area (Å²) in [5, 5.41) is 0. The first-order valence-electron chi connectivity index (χ1n) is 7.77. The van der Waals surface area contributed by atoms with Gasteiger partial charge in [-0.2, -0.15) is 0 Å². The van der Waals surface area contributed by atoms with Gasteiger partial charge in [0.25, 0.3) is 0 Å². The summed E-state index contributed by atoms with van der Waals surface area (Å²) in [6.07, 6.45) is 0. The highest BCUT2D eigenvalue weighted by atomic mass is 32.2. The number of sulfonamides is 1. The molecule has 1 aromatic carbocycles. The summed E-state index contributed by atoms with van der Waals surface area (Å²) < 4.78 is 43.9. The quantitative estimate of drug-likeness (QED) is 0.838. The van der Waals surface area contributed by atoms with Crippen molar-refractivity contribution >= 4 is 10.0 Å². The Kier molecular flexibility index (Phi) is 5.05. The molecular weight excluding hydrogens is 320 g/mol. The molecule has 1 saturated heterocycles. The van der Waals surface area contributed by atoms with Crippen LogP contribution in [0.4, 0.5) is 0 Å². The van der Waals surface area contributed by atoms with E-state index < -0.39 is 10.0 Å². The van der Waals surface area contributed by atoms with Crippen molar-refractivity contribution in [3.05, 3.63) is 18.2 Å². The first-order chi connectivity index (χ1) is 11.0. The Balaban J connectivity index is 1.66. The average molecular weight is 342 g/mol. The summed E-state index contributed by atoms with van der Waals surface area (Å²) in [6.45, 7) is 6.49. The number of morpholine rings is 1. The van der Waals surface area contributed by atoms with E-state index in [0.29, 0.717) is 44.5 Å². The van der Waals surface area contributed by atoms with E-state index in [1.165, 1.54) is 12.1 Å². The highest BCUT2D eigenvalue weighted by Gasteiger charge is 2.22. The van der Waals surface area contributed by atoms with E-state index in [0.717, 1.165) is 13.1 Å². The summed E-state index contributed by atoms with van der Waals surface area (Å²) in [7, 11) is -3.59. The lowest BCUT2D eigenvalue weighted by Crippen LogP contribution is -2.45. The fraction of sp³-hybridized carbons (Fsp3) is 0.600. The maximum absolute atomic E-state index is 12.5. The minimum absolute atomic E-state index is 0.189. The molecule has 2 heterocycles. The van der Waals surface area contributed by atoms with Crippen LogP contribution in [-0.2, 0) is 14.8 Å². The Morgan fingerprint density at radius 3 is 2.57 bits per heavy atom. The minimum Gasteiger partial charge on any atom is -0.486 e. The van der Waals surface area contributed by atoms with Gasteiger partial charge in [0.1, 0.15) is 13.2 Å². The van der Waals surface area contributed by atoms with Crippen LogP contribution in [-0.4, -0.2) is 65.4 Å². The normalized spacial score (nSPS) is 20.2. The van der Waals surface area contributed by atoms with Crippen molar-refractivity contribution in [2.45, 2.75) is 17.9 Å². The molecule has 2 aliphatic heterocycles. The van der Waals surface area contributed by atoms with Crippen molar-refractivity contribution in [1.82, 2.24) is 9.62 Å². The monoisotopic (exact) mass is 342 g/mol. The molecule has 7 nitrogen and oxygen atoms in total. The second-order valence-electron chi connectivity index (χ2n) is 5.74. The molecule has 1 fully saturated rings. The van der Waals surface area contributed by atoms with Crippen LogP contribution in [0.15, 0.2) is 23.1 Å². The predicted octanol–water partition coefficient (Wildman–Crippen LogP) is 0.457. The van der Waals surface area contributed by atoms with Crippen molar-refractivity contribution in [2.75, 3.05) is 46.1 Å². The molecule has 0 saturated carbocycles. The Labute approximate surface area is 136 Å². The molecule has 0 unspecified atom stereocenters. The zero-order valence-corrected chi connectivity index (χ0v) is 14.0. The number of benzene rings is 1. The fourth-order valence-corrected chi connectivity index (χ4v) is 3.98. The van der Waals surface area contributed by atoms with Crippen molar-refractivity contribution in [3.8, 4) is 11.5 Å². The molecule has 0 radical (unpaired) electrons. The smallest absolute Gasteiger partial charge is 0.240 e. The molecule has 0 amide bonds. The van der Waals surface area contributed by atoms with E-state index in [9.17, 15) is 8.42 Å². The number of hydrogen-bond acceptors (Lipinski definition) is 6. The lowest BCUT2D eigenvalue weighted by Gasteiger charge is -2.29. The summed E-state index contributed by atoms with van der Waals surface area (Å²) in [4.78, 5) is 2.39. The molecule has 2 aliphatic rings. The molecule has 23 heavy (non-hydrogen) atoms. The molecule has 1 atom stereocenters. The van der Waals surface area contributed by atoms with Crippen LogP contribution < -0.4 is 14.2 Å². The first kappa shape index (κ1) is 16.5. The van der Waals surface area contributed by atoms with Gasteiger partial charge < -0.3 is 14.2 Å². The largest absolute Gasteiger partial charge is 0.486 e. The number of nitrogens with one attached hydrogen (secondary N) is 1. The van der Waals surface area contributed by atoms with E-state index in [-0.39, 0.29) is 10.9 Å². The van der Waals surface area contributed by atoms with Crippen LogP contribution in [0.25, 0.3) is 0 Å². The topological polar surface area (TPSA) is 77.1 Å². The molecule has 3 rings (SSSR count). The van der Waals surface area contributed by atoms with Gasteiger partial charge in [-0.1, -0.05) is 0 Å². The third-order valence-electron chi connectivity index (χ3n) is 3.82. The second-order valence-corrected chi connectivity index (χ2v) is 7.45. The predicted molar refractivity (Wildman–Crippen MR) is 84.5 cm³/mol. The molecule has 0 bridgehead atoms. The van der Waals surface area contributed by atoms with Gasteiger partial charge in [0.2, 0.25) is 10.0 Å². The van der Waals surface area contributed by atoms with E-state index in [4.69, 9.17) is 14.2 Å². The Morgan fingerprint density at radius 1 is 1.13 bits per heavy atom. The molecule has 1 aromatic rings. The van der Waals surface area contributed by atoms with Crippen LogP contribution in [0.5, 0.6) is 11.5 Å². The summed E-state index contributed by atoms with van der Waals surface area (Å²) in [6, 6.07) is 4.50. The Morgan fingerprint density at radius 2 is 1.83 bits per heavy atom. The van der Waals surface area contributed by atoms with Gasteiger partial charge in [0, 0.05) is 31.7 Å². The molecule has 0 aliphatic carbocycles. The summed E-state index contributed by atoms with van der Waals surface area (Å²) in [5.74, 6) is 1.05. The lowest BCUT2D eigenvalue weighted by atomic mass is 10.3. The number of hydrogen-bond donors (Lipinski definition) is 1. The van der Waals surface area contributed by atoms with Crippen LogP contribution in [0.1, 0.15) is 6.92 Å². The fourth-order valence-electron chi connectivity index (χ4n) is 2.73. The van der Waals surface area contributed by atoms with Crippen molar-refractivity contribution in [3.63, 3.8) is 0 Å². The molecule has 1 N–H and O–H groups in total. The zero-order chi connectivity index (χ0) is 16.3. The maximum Gasteiger partial charge on any atom is 0.240 e. The standard InChI is InChI=1S/C15H22N2O5S/c1-12(11-17-4-6-20-7-5-17)16-23(18,19)13-2-3-14-15(10-13)22-9-8-21-14/h2-3,10,12,16H,4-9,11H2,1H3/t12-/m1/s1. The van der Waals surface area contributed by atoms with Crippen molar-refractivity contribution < 1.29 is 22.6 Å². The summed E-state index contributed by atoms with van der Waals surface area (Å²) in [5.41, 5.74) is 0. The third-order valence-corrected chi connectivity index (χ3v) is 5.40. The molecule has 8 heteroatoms. The van der Waals surface area contributed by atoms with Gasteiger partial charge in [-0.3, -0.25) is 4.90 Å². The van der Waals surface area contributed by atoms with Crippen LogP contribution in [0, 0.1) is 0 Å². The maximum atomic E-state index is 12.5. The van der Waals surface area contributed by atoms with Gasteiger partial charge in [-0.05, 0) is 19.1 Å². The number of fused-ring (bicyclic) bond motifs is 1. The van der Waals surface area contributed by atoms with Crippen molar-refractivity contribution in [1.29, 1.82) is 0 Å². The lowest BCUT2D eigenvalue weighted by molar-refractivity contribution is 0.0354. The Hall–Kier alpha value is -1.35. The number of rotatable bonds is 5. The van der Waals surface area contributed by atoms with E-state index in [1.54, 1.807) is 6.07 Å². The van der Waals surface area contributed by atoms with Gasteiger partial charge in [0.15, 0.2) is 11.5 Å². The highest BCUT2D eigenvalue weighted by molar-refractivity contribution is 7.89. The highest BCUT2D eigenvalue weighted by Crippen LogP contribution is 2.32. The van der Waals surface area contributed by atoms with Gasteiger partial charge in [0.05, 0.1) is 18.1 Å².